The van der Waals surface area contributed by atoms with Crippen LogP contribution < -0.4 is 0 Å². The SMILES string of the molecule is Cc1ccc(C(=O)N2[C@H]3CCC[C@@H]2c2nn(C)c(-c4cc(F)c(F)c(F)c4)c2C3)c(-n2cncn2)c1. The Bertz CT molecular complexity index is 1470. The summed E-state index contributed by atoms with van der Waals surface area (Å²) in [6.45, 7) is 1.95. The Labute approximate surface area is 205 Å². The Hall–Kier alpha value is -3.95. The molecular formula is C26H23F3N6O. The van der Waals surface area contributed by atoms with Crippen LogP contribution in [0.15, 0.2) is 43.0 Å². The first kappa shape index (κ1) is 22.5. The molecule has 2 aromatic carbocycles. The summed E-state index contributed by atoms with van der Waals surface area (Å²) >= 11 is 0. The third-order valence-corrected chi connectivity index (χ3v) is 7.22. The summed E-state index contributed by atoms with van der Waals surface area (Å²) in [5.74, 6) is -4.10. The van der Waals surface area contributed by atoms with Gasteiger partial charge in [0.25, 0.3) is 5.91 Å². The van der Waals surface area contributed by atoms with E-state index in [1.165, 1.54) is 6.33 Å². The van der Waals surface area contributed by atoms with E-state index < -0.39 is 17.5 Å². The summed E-state index contributed by atoms with van der Waals surface area (Å²) in [5, 5.41) is 8.92. The van der Waals surface area contributed by atoms with Gasteiger partial charge in [-0.15, -0.1) is 0 Å². The maximum atomic E-state index is 14.1. The highest BCUT2D eigenvalue weighted by Crippen LogP contribution is 2.45. The molecule has 2 aliphatic rings. The molecular weight excluding hydrogens is 469 g/mol. The van der Waals surface area contributed by atoms with Crippen LogP contribution in [0.1, 0.15) is 52.5 Å². The number of halogens is 3. The Kier molecular flexibility index (Phi) is 5.20. The normalized spacial score (nSPS) is 18.9. The summed E-state index contributed by atoms with van der Waals surface area (Å²) in [6.07, 6.45) is 5.94. The van der Waals surface area contributed by atoms with Gasteiger partial charge in [-0.2, -0.15) is 10.2 Å². The zero-order chi connectivity index (χ0) is 25.1. The van der Waals surface area contributed by atoms with E-state index in [-0.39, 0.29) is 23.6 Å². The van der Waals surface area contributed by atoms with E-state index >= 15 is 0 Å². The maximum absolute atomic E-state index is 14.1. The lowest BCUT2D eigenvalue weighted by Gasteiger charge is -2.45. The van der Waals surface area contributed by atoms with Gasteiger partial charge in [-0.25, -0.2) is 22.8 Å². The Morgan fingerprint density at radius 3 is 2.58 bits per heavy atom. The average Bonchev–Trinajstić information content (AvgIpc) is 3.49. The van der Waals surface area contributed by atoms with Gasteiger partial charge in [0, 0.05) is 24.2 Å². The highest BCUT2D eigenvalue weighted by molar-refractivity contribution is 5.98. The van der Waals surface area contributed by atoms with Crippen LogP contribution in [0.2, 0.25) is 0 Å². The molecule has 7 nitrogen and oxygen atoms in total. The molecule has 2 atom stereocenters. The molecule has 0 saturated carbocycles. The molecule has 184 valence electrons. The largest absolute Gasteiger partial charge is 0.327 e. The molecule has 0 radical (unpaired) electrons. The minimum atomic E-state index is -1.50. The third-order valence-electron chi connectivity index (χ3n) is 7.22. The number of carbonyl (C=O) groups excluding carboxylic acids is 1. The van der Waals surface area contributed by atoms with Crippen LogP contribution in [-0.4, -0.2) is 41.4 Å². The zero-order valence-electron chi connectivity index (χ0n) is 19.8. The van der Waals surface area contributed by atoms with Gasteiger partial charge in [0.1, 0.15) is 12.7 Å². The molecule has 4 aromatic rings. The number of piperidine rings is 1. The Morgan fingerprint density at radius 1 is 1.08 bits per heavy atom. The molecule has 0 spiro atoms. The molecule has 2 aromatic heterocycles. The number of aromatic nitrogens is 5. The number of benzene rings is 2. The molecule has 0 aliphatic carbocycles. The van der Waals surface area contributed by atoms with Gasteiger partial charge in [-0.3, -0.25) is 9.48 Å². The fourth-order valence-electron chi connectivity index (χ4n) is 5.69. The van der Waals surface area contributed by atoms with Gasteiger partial charge in [0.15, 0.2) is 17.5 Å². The number of amides is 1. The number of hydrogen-bond acceptors (Lipinski definition) is 4. The van der Waals surface area contributed by atoms with Crippen LogP contribution in [0.5, 0.6) is 0 Å². The van der Waals surface area contributed by atoms with Crippen molar-refractivity contribution in [3.05, 3.63) is 82.8 Å². The minimum Gasteiger partial charge on any atom is -0.327 e. The van der Waals surface area contributed by atoms with Crippen molar-refractivity contribution in [3.63, 3.8) is 0 Å². The summed E-state index contributed by atoms with van der Waals surface area (Å²) in [5.41, 5.74) is 4.51. The van der Waals surface area contributed by atoms with E-state index in [0.717, 1.165) is 48.2 Å². The number of carbonyl (C=O) groups is 1. The molecule has 0 N–H and O–H groups in total. The van der Waals surface area contributed by atoms with Gasteiger partial charge in [-0.05, 0) is 62.4 Å². The van der Waals surface area contributed by atoms with Crippen LogP contribution in [0, 0.1) is 24.4 Å². The monoisotopic (exact) mass is 492 g/mol. The van der Waals surface area contributed by atoms with E-state index in [2.05, 4.69) is 10.1 Å². The van der Waals surface area contributed by atoms with E-state index in [9.17, 15) is 18.0 Å². The third kappa shape index (κ3) is 3.42. The van der Waals surface area contributed by atoms with E-state index in [0.29, 0.717) is 23.4 Å². The lowest BCUT2D eigenvalue weighted by molar-refractivity contribution is 0.0391. The fourth-order valence-corrected chi connectivity index (χ4v) is 5.69. The number of aryl methyl sites for hydroxylation is 2. The first-order chi connectivity index (χ1) is 17.3. The molecule has 0 unspecified atom stereocenters. The Balaban J connectivity index is 1.44. The fraction of sp³-hybridized carbons (Fsp3) is 0.308. The second-order valence-corrected chi connectivity index (χ2v) is 9.47. The lowest BCUT2D eigenvalue weighted by atomic mass is 9.81. The molecule has 1 fully saturated rings. The summed E-state index contributed by atoms with van der Waals surface area (Å²) in [7, 11) is 1.70. The molecule has 4 heterocycles. The molecule has 2 aliphatic heterocycles. The minimum absolute atomic E-state index is 0.105. The van der Waals surface area contributed by atoms with E-state index in [1.54, 1.807) is 22.7 Å². The number of rotatable bonds is 3. The summed E-state index contributed by atoms with van der Waals surface area (Å²) in [6, 6.07) is 7.23. The Morgan fingerprint density at radius 2 is 1.86 bits per heavy atom. The van der Waals surface area contributed by atoms with Crippen LogP contribution >= 0.6 is 0 Å². The van der Waals surface area contributed by atoms with E-state index in [4.69, 9.17) is 5.10 Å². The maximum Gasteiger partial charge on any atom is 0.256 e. The first-order valence-corrected chi connectivity index (χ1v) is 11.8. The van der Waals surface area contributed by atoms with Crippen molar-refractivity contribution in [1.29, 1.82) is 0 Å². The second kappa shape index (κ2) is 8.32. The highest BCUT2D eigenvalue weighted by atomic mass is 19.2. The lowest BCUT2D eigenvalue weighted by Crippen LogP contribution is -2.50. The van der Waals surface area contributed by atoms with Crippen molar-refractivity contribution in [3.8, 4) is 16.9 Å². The number of hydrogen-bond donors (Lipinski definition) is 0. The second-order valence-electron chi connectivity index (χ2n) is 9.47. The van der Waals surface area contributed by atoms with Crippen molar-refractivity contribution in [2.45, 2.75) is 44.7 Å². The van der Waals surface area contributed by atoms with Gasteiger partial charge < -0.3 is 4.90 Å². The molecule has 1 amide bonds. The highest BCUT2D eigenvalue weighted by Gasteiger charge is 2.44. The van der Waals surface area contributed by atoms with Crippen molar-refractivity contribution in [2.75, 3.05) is 0 Å². The molecule has 6 rings (SSSR count). The smallest absolute Gasteiger partial charge is 0.256 e. The standard InChI is InChI=1S/C26H23F3N6O/c1-14-6-7-17(22(8-14)34-13-30-12-31-34)26(36)35-16-4-3-5-21(35)24-18(11-16)25(33(2)32-24)15-9-19(27)23(29)20(28)10-15/h6-10,12-13,16,21H,3-5,11H2,1-2H3/t16-,21+/m0/s1. The van der Waals surface area contributed by atoms with Crippen molar-refractivity contribution >= 4 is 5.91 Å². The van der Waals surface area contributed by atoms with Crippen molar-refractivity contribution in [2.24, 2.45) is 7.05 Å². The van der Waals surface area contributed by atoms with Crippen molar-refractivity contribution in [1.82, 2.24) is 29.4 Å². The van der Waals surface area contributed by atoms with Gasteiger partial charge in [0.05, 0.1) is 28.7 Å². The van der Waals surface area contributed by atoms with Gasteiger partial charge in [0.2, 0.25) is 0 Å². The number of fused-ring (bicyclic) bond motifs is 4. The van der Waals surface area contributed by atoms with Gasteiger partial charge >= 0.3 is 0 Å². The molecule has 2 bridgehead atoms. The molecule has 10 heteroatoms. The summed E-state index contributed by atoms with van der Waals surface area (Å²) < 4.78 is 44.9. The van der Waals surface area contributed by atoms with Crippen LogP contribution in [0.25, 0.3) is 16.9 Å². The quantitative estimate of drug-likeness (QED) is 0.390. The van der Waals surface area contributed by atoms with Gasteiger partial charge in [-0.1, -0.05) is 6.07 Å². The predicted octanol–water partition coefficient (Wildman–Crippen LogP) is 4.69. The van der Waals surface area contributed by atoms with Crippen LogP contribution in [0.3, 0.4) is 0 Å². The topological polar surface area (TPSA) is 68.8 Å². The predicted molar refractivity (Wildman–Crippen MR) is 125 cm³/mol. The zero-order valence-corrected chi connectivity index (χ0v) is 19.8. The van der Waals surface area contributed by atoms with E-state index in [1.807, 2.05) is 30.0 Å². The van der Waals surface area contributed by atoms with Crippen LogP contribution in [0.4, 0.5) is 13.2 Å². The first-order valence-electron chi connectivity index (χ1n) is 11.8. The number of nitrogens with zero attached hydrogens (tertiary/aromatic N) is 6. The van der Waals surface area contributed by atoms with Crippen LogP contribution in [-0.2, 0) is 13.5 Å². The summed E-state index contributed by atoms with van der Waals surface area (Å²) in [4.78, 5) is 20.0. The molecule has 36 heavy (non-hydrogen) atoms. The molecule has 1 saturated heterocycles. The average molecular weight is 493 g/mol. The van der Waals surface area contributed by atoms with Crippen molar-refractivity contribution < 1.29 is 18.0 Å².